The first-order chi connectivity index (χ1) is 10.9. The van der Waals surface area contributed by atoms with Crippen LogP contribution in [-0.4, -0.2) is 26.0 Å². The smallest absolute Gasteiger partial charge is 0.237 e. The molecule has 0 aliphatic carbocycles. The highest BCUT2D eigenvalue weighted by Gasteiger charge is 2.20. The molecule has 1 atom stereocenters. The molecule has 0 aliphatic rings. The molecule has 3 N–H and O–H groups in total. The zero-order valence-electron chi connectivity index (χ0n) is 13.3. The number of carbonyl (C=O) groups is 1. The summed E-state index contributed by atoms with van der Waals surface area (Å²) < 4.78 is 1.45. The second kappa shape index (κ2) is 7.70. The van der Waals surface area contributed by atoms with Crippen LogP contribution in [0.15, 0.2) is 23.4 Å². The molecule has 2 aromatic rings. The number of nitrogens with zero attached hydrogens (tertiary/aromatic N) is 3. The number of nitrogens with one attached hydrogen (secondary N) is 1. The van der Waals surface area contributed by atoms with Crippen molar-refractivity contribution >= 4 is 35.0 Å². The molecule has 8 heteroatoms. The standard InChI is InChI=1S/C15H20ClN5OS/c1-4-6-13-19-20-15(21(13)17)23-10(3)14(22)18-12-8-5-7-11(16)9(12)2/h5,7-8,10H,4,6,17H2,1-3H3,(H,18,22)/t10-/m0/s1. The van der Waals surface area contributed by atoms with Crippen molar-refractivity contribution in [2.24, 2.45) is 0 Å². The van der Waals surface area contributed by atoms with E-state index >= 15 is 0 Å². The van der Waals surface area contributed by atoms with E-state index in [1.54, 1.807) is 19.1 Å². The molecule has 0 fully saturated rings. The lowest BCUT2D eigenvalue weighted by Crippen LogP contribution is -2.24. The number of carbonyl (C=O) groups excluding carboxylic acids is 1. The van der Waals surface area contributed by atoms with Gasteiger partial charge in [0.2, 0.25) is 11.1 Å². The minimum absolute atomic E-state index is 0.139. The molecule has 0 radical (unpaired) electrons. The number of thioether (sulfide) groups is 1. The monoisotopic (exact) mass is 353 g/mol. The van der Waals surface area contributed by atoms with Gasteiger partial charge in [-0.15, -0.1) is 10.2 Å². The topological polar surface area (TPSA) is 85.8 Å². The van der Waals surface area contributed by atoms with Crippen molar-refractivity contribution in [1.29, 1.82) is 0 Å². The first-order valence-electron chi connectivity index (χ1n) is 7.36. The number of hydrogen-bond acceptors (Lipinski definition) is 5. The summed E-state index contributed by atoms with van der Waals surface area (Å²) in [5.74, 6) is 6.53. The van der Waals surface area contributed by atoms with Crippen molar-refractivity contribution in [3.05, 3.63) is 34.6 Å². The summed E-state index contributed by atoms with van der Waals surface area (Å²) in [6, 6.07) is 5.41. The molecule has 23 heavy (non-hydrogen) atoms. The second-order valence-electron chi connectivity index (χ2n) is 5.18. The van der Waals surface area contributed by atoms with Gasteiger partial charge in [0.05, 0.1) is 5.25 Å². The lowest BCUT2D eigenvalue weighted by molar-refractivity contribution is -0.115. The number of halogens is 1. The average Bonchev–Trinajstić information content (AvgIpc) is 2.85. The maximum Gasteiger partial charge on any atom is 0.237 e. The number of aromatic nitrogens is 3. The van der Waals surface area contributed by atoms with E-state index in [0.717, 1.165) is 18.4 Å². The molecule has 2 rings (SSSR count). The first kappa shape index (κ1) is 17.6. The van der Waals surface area contributed by atoms with Gasteiger partial charge in [-0.05, 0) is 38.0 Å². The quantitative estimate of drug-likeness (QED) is 0.615. The molecule has 1 aromatic carbocycles. The molecule has 1 heterocycles. The fourth-order valence-corrected chi connectivity index (χ4v) is 2.93. The number of hydrogen-bond donors (Lipinski definition) is 2. The second-order valence-corrected chi connectivity index (χ2v) is 6.90. The van der Waals surface area contributed by atoms with Crippen LogP contribution in [0.4, 0.5) is 5.69 Å². The van der Waals surface area contributed by atoms with Gasteiger partial charge in [-0.3, -0.25) is 4.79 Å². The number of benzene rings is 1. The third-order valence-corrected chi connectivity index (χ3v) is 4.85. The van der Waals surface area contributed by atoms with Crippen LogP contribution in [0.25, 0.3) is 0 Å². The van der Waals surface area contributed by atoms with E-state index in [4.69, 9.17) is 17.4 Å². The number of nitrogens with two attached hydrogens (primary N) is 1. The molecule has 1 aromatic heterocycles. The minimum Gasteiger partial charge on any atom is -0.336 e. The molecule has 0 bridgehead atoms. The Morgan fingerprint density at radius 3 is 2.91 bits per heavy atom. The van der Waals surface area contributed by atoms with Crippen molar-refractivity contribution in [2.75, 3.05) is 11.2 Å². The highest BCUT2D eigenvalue weighted by Crippen LogP contribution is 2.25. The summed E-state index contributed by atoms with van der Waals surface area (Å²) in [4.78, 5) is 12.4. The van der Waals surface area contributed by atoms with Gasteiger partial charge in [-0.1, -0.05) is 36.4 Å². The minimum atomic E-state index is -0.366. The predicted molar refractivity (Wildman–Crippen MR) is 94.3 cm³/mol. The molecule has 0 aliphatic heterocycles. The number of aryl methyl sites for hydroxylation is 1. The third kappa shape index (κ3) is 4.17. The van der Waals surface area contributed by atoms with Crippen LogP contribution in [0.1, 0.15) is 31.7 Å². The van der Waals surface area contributed by atoms with Crippen molar-refractivity contribution in [2.45, 2.75) is 44.0 Å². The number of amides is 1. The summed E-state index contributed by atoms with van der Waals surface area (Å²) in [5, 5.41) is 11.8. The fraction of sp³-hybridized carbons (Fsp3) is 0.400. The number of nitrogen functional groups attached to an aromatic ring is 1. The zero-order chi connectivity index (χ0) is 17.0. The van der Waals surface area contributed by atoms with E-state index in [1.165, 1.54) is 16.4 Å². The van der Waals surface area contributed by atoms with Crippen LogP contribution in [0.3, 0.4) is 0 Å². The Balaban J connectivity index is 2.04. The summed E-state index contributed by atoms with van der Waals surface area (Å²) in [5.41, 5.74) is 1.54. The molecule has 0 unspecified atom stereocenters. The van der Waals surface area contributed by atoms with Crippen molar-refractivity contribution in [3.63, 3.8) is 0 Å². The maximum absolute atomic E-state index is 12.4. The Morgan fingerprint density at radius 1 is 1.48 bits per heavy atom. The molecule has 124 valence electrons. The van der Waals surface area contributed by atoms with Crippen LogP contribution in [0.2, 0.25) is 5.02 Å². The van der Waals surface area contributed by atoms with Crippen molar-refractivity contribution in [3.8, 4) is 0 Å². The van der Waals surface area contributed by atoms with Crippen LogP contribution in [0.5, 0.6) is 0 Å². The van der Waals surface area contributed by atoms with Gasteiger partial charge in [0.1, 0.15) is 0 Å². The van der Waals surface area contributed by atoms with E-state index in [9.17, 15) is 4.79 Å². The summed E-state index contributed by atoms with van der Waals surface area (Å²) in [6.45, 7) is 5.71. The van der Waals surface area contributed by atoms with Crippen LogP contribution >= 0.6 is 23.4 Å². The molecule has 6 nitrogen and oxygen atoms in total. The highest BCUT2D eigenvalue weighted by atomic mass is 35.5. The van der Waals surface area contributed by atoms with E-state index in [1.807, 2.05) is 19.9 Å². The molecule has 1 amide bonds. The van der Waals surface area contributed by atoms with E-state index in [-0.39, 0.29) is 11.2 Å². The lowest BCUT2D eigenvalue weighted by atomic mass is 10.2. The zero-order valence-corrected chi connectivity index (χ0v) is 14.9. The first-order valence-corrected chi connectivity index (χ1v) is 8.61. The Bertz CT molecular complexity index is 703. The number of anilines is 1. The summed E-state index contributed by atoms with van der Waals surface area (Å²) in [7, 11) is 0. The molecule has 0 saturated heterocycles. The third-order valence-electron chi connectivity index (χ3n) is 3.39. The molecule has 0 spiro atoms. The Hall–Kier alpha value is -1.73. The van der Waals surface area contributed by atoms with Gasteiger partial charge in [-0.25, -0.2) is 4.68 Å². The predicted octanol–water partition coefficient (Wildman–Crippen LogP) is 3.03. The van der Waals surface area contributed by atoms with Crippen molar-refractivity contribution in [1.82, 2.24) is 14.9 Å². The SMILES string of the molecule is CCCc1nnc(S[C@@H](C)C(=O)Nc2cccc(Cl)c2C)n1N. The van der Waals surface area contributed by atoms with Gasteiger partial charge >= 0.3 is 0 Å². The average molecular weight is 354 g/mol. The van der Waals surface area contributed by atoms with Gasteiger partial charge in [0.25, 0.3) is 0 Å². The van der Waals surface area contributed by atoms with Gasteiger partial charge < -0.3 is 11.2 Å². The van der Waals surface area contributed by atoms with Gasteiger partial charge in [0.15, 0.2) is 5.82 Å². The molecule has 0 saturated carbocycles. The molecular weight excluding hydrogens is 334 g/mol. The van der Waals surface area contributed by atoms with E-state index in [2.05, 4.69) is 15.5 Å². The van der Waals surface area contributed by atoms with E-state index < -0.39 is 0 Å². The van der Waals surface area contributed by atoms with E-state index in [0.29, 0.717) is 21.7 Å². The Morgan fingerprint density at radius 2 is 2.22 bits per heavy atom. The lowest BCUT2D eigenvalue weighted by Gasteiger charge is -2.13. The van der Waals surface area contributed by atoms with Gasteiger partial charge in [0, 0.05) is 17.1 Å². The Labute approximate surface area is 144 Å². The molecular formula is C15H20ClN5OS. The van der Waals surface area contributed by atoms with Crippen LogP contribution < -0.4 is 11.2 Å². The normalized spacial score (nSPS) is 12.2. The maximum atomic E-state index is 12.4. The summed E-state index contributed by atoms with van der Waals surface area (Å²) in [6.07, 6.45) is 1.69. The number of rotatable bonds is 6. The van der Waals surface area contributed by atoms with Crippen molar-refractivity contribution < 1.29 is 4.79 Å². The summed E-state index contributed by atoms with van der Waals surface area (Å²) >= 11 is 7.34. The fourth-order valence-electron chi connectivity index (χ4n) is 1.97. The van der Waals surface area contributed by atoms with Crippen LogP contribution in [-0.2, 0) is 11.2 Å². The van der Waals surface area contributed by atoms with Crippen LogP contribution in [0, 0.1) is 6.92 Å². The Kier molecular flexibility index (Phi) is 5.90. The largest absolute Gasteiger partial charge is 0.336 e. The van der Waals surface area contributed by atoms with Gasteiger partial charge in [-0.2, -0.15) is 0 Å². The highest BCUT2D eigenvalue weighted by molar-refractivity contribution is 8.00.